The monoisotopic (exact) mass is 455 g/mol. The van der Waals surface area contributed by atoms with Crippen molar-refractivity contribution >= 4 is 22.6 Å². The van der Waals surface area contributed by atoms with Crippen LogP contribution in [0.5, 0.6) is 0 Å². The molecule has 3 aromatic rings. The zero-order valence-electron chi connectivity index (χ0n) is 20.0. The van der Waals surface area contributed by atoms with Gasteiger partial charge in [-0.05, 0) is 87.3 Å². The van der Waals surface area contributed by atoms with E-state index in [2.05, 4.69) is 44.0 Å². The first-order chi connectivity index (χ1) is 16.6. The van der Waals surface area contributed by atoms with Crippen LogP contribution in [0.2, 0.25) is 0 Å². The third-order valence-corrected chi connectivity index (χ3v) is 8.00. The van der Waals surface area contributed by atoms with E-state index in [4.69, 9.17) is 4.98 Å². The first-order valence-corrected chi connectivity index (χ1v) is 12.9. The normalized spacial score (nSPS) is 24.6. The topological polar surface area (TPSA) is 62.2 Å². The van der Waals surface area contributed by atoms with Crippen molar-refractivity contribution in [3.05, 3.63) is 59.7 Å². The maximum atomic E-state index is 13.7. The summed E-state index contributed by atoms with van der Waals surface area (Å²) in [6.45, 7) is 3.95. The van der Waals surface area contributed by atoms with Crippen LogP contribution in [0.1, 0.15) is 66.7 Å². The molecule has 3 aliphatic rings. The predicted octanol–water partition coefficient (Wildman–Crippen LogP) is 4.95. The average molecular weight is 456 g/mol. The number of anilines is 1. The van der Waals surface area contributed by atoms with Gasteiger partial charge in [0.1, 0.15) is 5.69 Å². The molecule has 0 spiro atoms. The van der Waals surface area contributed by atoms with Crippen molar-refractivity contribution in [2.24, 2.45) is 5.92 Å². The van der Waals surface area contributed by atoms with E-state index in [1.54, 1.807) is 0 Å². The van der Waals surface area contributed by atoms with Crippen molar-refractivity contribution < 1.29 is 4.79 Å². The molecular formula is C28H33N5O. The zero-order chi connectivity index (χ0) is 23.1. The van der Waals surface area contributed by atoms with E-state index >= 15 is 0 Å². The Bertz CT molecular complexity index is 1190. The molecular weight excluding hydrogens is 422 g/mol. The molecule has 2 atom stereocenters. The molecule has 0 saturated carbocycles. The number of aryl methyl sites for hydroxylation is 1. The molecule has 1 aromatic carbocycles. The molecule has 2 bridgehead atoms. The second kappa shape index (κ2) is 8.97. The van der Waals surface area contributed by atoms with Crippen LogP contribution in [0.3, 0.4) is 0 Å². The van der Waals surface area contributed by atoms with E-state index in [1.165, 1.54) is 35.6 Å². The lowest BCUT2D eigenvalue weighted by atomic mass is 9.85. The number of carbonyl (C=O) groups excluding carboxylic acids is 1. The molecule has 1 amide bonds. The van der Waals surface area contributed by atoms with Gasteiger partial charge in [-0.15, -0.1) is 0 Å². The van der Waals surface area contributed by atoms with Crippen molar-refractivity contribution in [3.63, 3.8) is 0 Å². The summed E-state index contributed by atoms with van der Waals surface area (Å²) in [7, 11) is 0. The Morgan fingerprint density at radius 3 is 2.56 bits per heavy atom. The predicted molar refractivity (Wildman–Crippen MR) is 134 cm³/mol. The molecule has 6 rings (SSSR count). The van der Waals surface area contributed by atoms with Crippen LogP contribution in [-0.2, 0) is 6.42 Å². The van der Waals surface area contributed by atoms with E-state index in [-0.39, 0.29) is 5.91 Å². The lowest BCUT2D eigenvalue weighted by Gasteiger charge is -2.39. The summed E-state index contributed by atoms with van der Waals surface area (Å²) in [6, 6.07) is 11.4. The van der Waals surface area contributed by atoms with Gasteiger partial charge in [0.25, 0.3) is 5.91 Å². The fraction of sp³-hybridized carbons (Fsp3) is 0.500. The van der Waals surface area contributed by atoms with E-state index in [0.29, 0.717) is 23.7 Å². The third kappa shape index (κ3) is 4.15. The molecule has 2 unspecified atom stereocenters. The van der Waals surface area contributed by atoms with Crippen LogP contribution in [0, 0.1) is 12.8 Å². The van der Waals surface area contributed by atoms with E-state index in [9.17, 15) is 4.79 Å². The van der Waals surface area contributed by atoms with E-state index in [1.807, 2.05) is 25.4 Å². The Morgan fingerprint density at radius 2 is 1.76 bits per heavy atom. The smallest absolute Gasteiger partial charge is 0.273 e. The number of hydrogen-bond acceptors (Lipinski definition) is 5. The number of amides is 1. The average Bonchev–Trinajstić information content (AvgIpc) is 3.13. The van der Waals surface area contributed by atoms with Crippen molar-refractivity contribution in [1.82, 2.24) is 19.9 Å². The number of piperidine rings is 2. The molecule has 176 valence electrons. The number of hydrogen-bond donors (Lipinski definition) is 0. The molecule has 0 N–H and O–H groups in total. The van der Waals surface area contributed by atoms with Gasteiger partial charge in [0.05, 0.1) is 0 Å². The highest BCUT2D eigenvalue weighted by Gasteiger charge is 2.43. The van der Waals surface area contributed by atoms with Gasteiger partial charge < -0.3 is 9.80 Å². The second-order valence-electron chi connectivity index (χ2n) is 10.4. The summed E-state index contributed by atoms with van der Waals surface area (Å²) in [5.41, 5.74) is 2.85. The van der Waals surface area contributed by atoms with Gasteiger partial charge in [-0.2, -0.15) is 0 Å². The van der Waals surface area contributed by atoms with Gasteiger partial charge in [0, 0.05) is 48.6 Å². The van der Waals surface area contributed by atoms with Crippen LogP contribution in [0.4, 0.5) is 5.95 Å². The lowest BCUT2D eigenvalue weighted by molar-refractivity contribution is 0.0518. The minimum absolute atomic E-state index is 0.105. The van der Waals surface area contributed by atoms with Gasteiger partial charge in [0.15, 0.2) is 0 Å². The molecule has 3 fully saturated rings. The Morgan fingerprint density at radius 1 is 0.971 bits per heavy atom. The summed E-state index contributed by atoms with van der Waals surface area (Å²) in [4.78, 5) is 31.7. The number of nitrogens with zero attached hydrogens (tertiary/aromatic N) is 5. The summed E-state index contributed by atoms with van der Waals surface area (Å²) >= 11 is 0. The molecule has 34 heavy (non-hydrogen) atoms. The highest BCUT2D eigenvalue weighted by Crippen LogP contribution is 2.41. The fourth-order valence-corrected chi connectivity index (χ4v) is 6.41. The zero-order valence-corrected chi connectivity index (χ0v) is 20.0. The number of benzene rings is 1. The van der Waals surface area contributed by atoms with Crippen molar-refractivity contribution in [1.29, 1.82) is 0 Å². The second-order valence-corrected chi connectivity index (χ2v) is 10.4. The molecule has 0 radical (unpaired) electrons. The summed E-state index contributed by atoms with van der Waals surface area (Å²) < 4.78 is 0. The highest BCUT2D eigenvalue weighted by molar-refractivity contribution is 5.93. The molecule has 0 aliphatic carbocycles. The van der Waals surface area contributed by atoms with E-state index < -0.39 is 0 Å². The van der Waals surface area contributed by atoms with Gasteiger partial charge in [-0.1, -0.05) is 18.2 Å². The number of carbonyl (C=O) groups is 1. The quantitative estimate of drug-likeness (QED) is 0.557. The molecule has 6 heteroatoms. The Kier molecular flexibility index (Phi) is 5.67. The minimum atomic E-state index is 0.105. The van der Waals surface area contributed by atoms with Crippen molar-refractivity contribution in [2.75, 3.05) is 18.0 Å². The number of aromatic nitrogens is 3. The Hall–Kier alpha value is -3.02. The van der Waals surface area contributed by atoms with Gasteiger partial charge in [-0.25, -0.2) is 9.97 Å². The van der Waals surface area contributed by atoms with Crippen LogP contribution in [0.25, 0.3) is 10.8 Å². The molecule has 6 nitrogen and oxygen atoms in total. The molecule has 3 aliphatic heterocycles. The van der Waals surface area contributed by atoms with E-state index in [0.717, 1.165) is 56.8 Å². The van der Waals surface area contributed by atoms with Gasteiger partial charge in [-0.3, -0.25) is 9.78 Å². The largest absolute Gasteiger partial charge is 0.341 e. The summed E-state index contributed by atoms with van der Waals surface area (Å²) in [5, 5.41) is 2.45. The first-order valence-electron chi connectivity index (χ1n) is 12.9. The minimum Gasteiger partial charge on any atom is -0.341 e. The Labute approximate surface area is 201 Å². The SMILES string of the molecule is Cc1cc(C(=O)N2C3CCC2CC(Cc2ccc4cnccc4c2)C3)nc(N2CCCCC2)n1. The standard InChI is InChI=1S/C28H33N5O/c1-19-13-26(31-28(30-19)32-11-3-2-4-12-32)27(34)33-24-7-8-25(33)17-21(16-24)14-20-5-6-23-18-29-10-9-22(23)15-20/h5-6,9-10,13,15,18,21,24-25H,2-4,7-8,11-12,14,16-17H2,1H3. The van der Waals surface area contributed by atoms with Gasteiger partial charge in [0.2, 0.25) is 5.95 Å². The number of pyridine rings is 1. The van der Waals surface area contributed by atoms with Crippen molar-refractivity contribution in [3.8, 4) is 0 Å². The number of rotatable bonds is 4. The van der Waals surface area contributed by atoms with Crippen LogP contribution >= 0.6 is 0 Å². The third-order valence-electron chi connectivity index (χ3n) is 8.00. The molecule has 3 saturated heterocycles. The molecule has 2 aromatic heterocycles. The fourth-order valence-electron chi connectivity index (χ4n) is 6.41. The summed E-state index contributed by atoms with van der Waals surface area (Å²) in [6.07, 6.45) is 12.9. The summed E-state index contributed by atoms with van der Waals surface area (Å²) in [5.74, 6) is 1.46. The van der Waals surface area contributed by atoms with Crippen LogP contribution in [-0.4, -0.2) is 50.9 Å². The first kappa shape index (κ1) is 21.5. The van der Waals surface area contributed by atoms with Crippen LogP contribution < -0.4 is 4.90 Å². The number of fused-ring (bicyclic) bond motifs is 3. The maximum absolute atomic E-state index is 13.7. The maximum Gasteiger partial charge on any atom is 0.273 e. The molecule has 5 heterocycles. The van der Waals surface area contributed by atoms with Gasteiger partial charge >= 0.3 is 0 Å². The highest BCUT2D eigenvalue weighted by atomic mass is 16.2. The van der Waals surface area contributed by atoms with Crippen molar-refractivity contribution in [2.45, 2.75) is 70.4 Å². The Balaban J connectivity index is 1.17. The lowest BCUT2D eigenvalue weighted by Crippen LogP contribution is -2.47. The van der Waals surface area contributed by atoms with Crippen LogP contribution in [0.15, 0.2) is 42.7 Å².